The average molecular weight is 275 g/mol. The van der Waals surface area contributed by atoms with Gasteiger partial charge in [-0.3, -0.25) is 4.89 Å². The molecule has 20 heavy (non-hydrogen) atoms. The third-order valence-electron chi connectivity index (χ3n) is 4.02. The van der Waals surface area contributed by atoms with Gasteiger partial charge < -0.3 is 0 Å². The first-order chi connectivity index (χ1) is 9.47. The van der Waals surface area contributed by atoms with E-state index < -0.39 is 5.97 Å². The molecule has 1 saturated carbocycles. The predicted molar refractivity (Wildman–Crippen MR) is 77.8 cm³/mol. The zero-order valence-corrected chi connectivity index (χ0v) is 12.7. The van der Waals surface area contributed by atoms with Crippen molar-refractivity contribution in [2.45, 2.75) is 47.0 Å². The SMILES string of the molecule is Cc1ccc(C(=O)OO[C]2CC(C)CCC2C)c(C)c1. The van der Waals surface area contributed by atoms with Gasteiger partial charge in [0.1, 0.15) is 0 Å². The molecule has 1 aromatic carbocycles. The van der Waals surface area contributed by atoms with Crippen molar-refractivity contribution in [3.63, 3.8) is 0 Å². The third kappa shape index (κ3) is 3.60. The first kappa shape index (κ1) is 15.0. The number of carbonyl (C=O) groups is 1. The van der Waals surface area contributed by atoms with Gasteiger partial charge in [0.2, 0.25) is 0 Å². The van der Waals surface area contributed by atoms with E-state index in [-0.39, 0.29) is 0 Å². The fourth-order valence-corrected chi connectivity index (χ4v) is 2.64. The summed E-state index contributed by atoms with van der Waals surface area (Å²) in [6.07, 6.45) is 4.07. The van der Waals surface area contributed by atoms with Gasteiger partial charge in [-0.25, -0.2) is 4.79 Å². The fraction of sp³-hybridized carbons (Fsp3) is 0.529. The van der Waals surface area contributed by atoms with Crippen molar-refractivity contribution in [1.82, 2.24) is 0 Å². The Morgan fingerprint density at radius 3 is 2.65 bits per heavy atom. The van der Waals surface area contributed by atoms with Gasteiger partial charge in [0.25, 0.3) is 0 Å². The first-order valence-electron chi connectivity index (χ1n) is 7.29. The molecule has 0 N–H and O–H groups in total. The Morgan fingerprint density at radius 2 is 1.95 bits per heavy atom. The van der Waals surface area contributed by atoms with Gasteiger partial charge in [0.05, 0.1) is 5.56 Å². The first-order valence-corrected chi connectivity index (χ1v) is 7.29. The standard InChI is InChI=1S/C17H23O3/c1-11-6-8-15(14(4)9-11)17(18)20-19-16-10-12(2)5-7-13(16)3/h6,8-9,12-13H,5,7,10H2,1-4H3. The van der Waals surface area contributed by atoms with Crippen molar-refractivity contribution in [3.8, 4) is 0 Å². The van der Waals surface area contributed by atoms with E-state index in [0.717, 1.165) is 30.1 Å². The van der Waals surface area contributed by atoms with Gasteiger partial charge in [-0.05, 0) is 50.2 Å². The van der Waals surface area contributed by atoms with E-state index in [1.165, 1.54) is 6.42 Å². The lowest BCUT2D eigenvalue weighted by Crippen LogP contribution is -2.23. The molecule has 0 aliphatic heterocycles. The van der Waals surface area contributed by atoms with Crippen LogP contribution in [0, 0.1) is 31.8 Å². The van der Waals surface area contributed by atoms with Crippen LogP contribution in [0.4, 0.5) is 0 Å². The summed E-state index contributed by atoms with van der Waals surface area (Å²) in [7, 11) is 0. The van der Waals surface area contributed by atoms with Gasteiger partial charge in [-0.15, -0.1) is 0 Å². The minimum atomic E-state index is -0.416. The smallest absolute Gasteiger partial charge is 0.292 e. The maximum atomic E-state index is 12.0. The lowest BCUT2D eigenvalue weighted by Gasteiger charge is -2.29. The number of rotatable bonds is 3. The lowest BCUT2D eigenvalue weighted by atomic mass is 9.82. The van der Waals surface area contributed by atoms with Gasteiger partial charge in [0, 0.05) is 0 Å². The highest BCUT2D eigenvalue weighted by molar-refractivity contribution is 5.90. The average Bonchev–Trinajstić information content (AvgIpc) is 2.39. The second kappa shape index (κ2) is 6.40. The molecular weight excluding hydrogens is 252 g/mol. The Kier molecular flexibility index (Phi) is 4.81. The maximum absolute atomic E-state index is 12.0. The van der Waals surface area contributed by atoms with Crippen LogP contribution in [0.3, 0.4) is 0 Å². The summed E-state index contributed by atoms with van der Waals surface area (Å²) in [5.74, 6) is 0.541. The van der Waals surface area contributed by atoms with Crippen LogP contribution < -0.4 is 0 Å². The van der Waals surface area contributed by atoms with Crippen molar-refractivity contribution in [2.24, 2.45) is 11.8 Å². The molecule has 1 aromatic rings. The van der Waals surface area contributed by atoms with Crippen LogP contribution in [0.1, 0.15) is 54.6 Å². The van der Waals surface area contributed by atoms with E-state index in [2.05, 4.69) is 13.8 Å². The van der Waals surface area contributed by atoms with E-state index in [9.17, 15) is 4.79 Å². The van der Waals surface area contributed by atoms with Crippen molar-refractivity contribution in [1.29, 1.82) is 0 Å². The highest BCUT2D eigenvalue weighted by atomic mass is 17.2. The Labute approximate surface area is 121 Å². The Hall–Kier alpha value is -1.35. The summed E-state index contributed by atoms with van der Waals surface area (Å²) in [4.78, 5) is 22.4. The predicted octanol–water partition coefficient (Wildman–Crippen LogP) is 4.38. The number of hydrogen-bond acceptors (Lipinski definition) is 3. The van der Waals surface area contributed by atoms with Crippen molar-refractivity contribution >= 4 is 5.97 Å². The summed E-state index contributed by atoms with van der Waals surface area (Å²) in [5, 5.41) is 0. The van der Waals surface area contributed by atoms with E-state index in [4.69, 9.17) is 9.78 Å². The number of benzene rings is 1. The number of aryl methyl sites for hydroxylation is 2. The summed E-state index contributed by atoms with van der Waals surface area (Å²) in [6, 6.07) is 5.66. The normalized spacial score (nSPS) is 23.6. The fourth-order valence-electron chi connectivity index (χ4n) is 2.64. The molecule has 2 rings (SSSR count). The molecule has 2 unspecified atom stereocenters. The van der Waals surface area contributed by atoms with Gasteiger partial charge >= 0.3 is 5.97 Å². The summed E-state index contributed by atoms with van der Waals surface area (Å²) in [5.41, 5.74) is 2.60. The van der Waals surface area contributed by atoms with Crippen LogP contribution in [-0.4, -0.2) is 5.97 Å². The Balaban J connectivity index is 1.94. The third-order valence-corrected chi connectivity index (χ3v) is 4.02. The highest BCUT2D eigenvalue weighted by Crippen LogP contribution is 2.35. The molecule has 1 radical (unpaired) electrons. The number of hydrogen-bond donors (Lipinski definition) is 0. The quantitative estimate of drug-likeness (QED) is 0.606. The molecule has 0 bridgehead atoms. The summed E-state index contributed by atoms with van der Waals surface area (Å²) in [6.45, 7) is 8.22. The monoisotopic (exact) mass is 275 g/mol. The summed E-state index contributed by atoms with van der Waals surface area (Å²) >= 11 is 0. The molecule has 3 heteroatoms. The van der Waals surface area contributed by atoms with Crippen LogP contribution in [0.15, 0.2) is 18.2 Å². The second-order valence-corrected chi connectivity index (χ2v) is 6.03. The van der Waals surface area contributed by atoms with Crippen LogP contribution in [-0.2, 0) is 9.78 Å². The molecule has 2 atom stereocenters. The Morgan fingerprint density at radius 1 is 1.20 bits per heavy atom. The van der Waals surface area contributed by atoms with Crippen molar-refractivity contribution in [2.75, 3.05) is 0 Å². The molecule has 1 aliphatic rings. The van der Waals surface area contributed by atoms with E-state index in [1.54, 1.807) is 6.07 Å². The highest BCUT2D eigenvalue weighted by Gasteiger charge is 2.29. The van der Waals surface area contributed by atoms with Gasteiger partial charge in [-0.2, -0.15) is 4.89 Å². The molecule has 0 spiro atoms. The van der Waals surface area contributed by atoms with Crippen LogP contribution in [0.2, 0.25) is 0 Å². The molecule has 0 heterocycles. The van der Waals surface area contributed by atoms with Crippen molar-refractivity contribution in [3.05, 3.63) is 41.0 Å². The molecule has 1 aliphatic carbocycles. The topological polar surface area (TPSA) is 35.5 Å². The van der Waals surface area contributed by atoms with E-state index in [0.29, 0.717) is 17.4 Å². The molecule has 109 valence electrons. The zero-order chi connectivity index (χ0) is 14.7. The van der Waals surface area contributed by atoms with Crippen LogP contribution in [0.5, 0.6) is 0 Å². The second-order valence-electron chi connectivity index (χ2n) is 6.03. The van der Waals surface area contributed by atoms with Crippen molar-refractivity contribution < 1.29 is 14.6 Å². The molecule has 0 saturated heterocycles. The molecule has 1 fully saturated rings. The number of carbonyl (C=O) groups excluding carboxylic acids is 1. The van der Waals surface area contributed by atoms with Gasteiger partial charge in [-0.1, -0.05) is 38.0 Å². The van der Waals surface area contributed by atoms with E-state index >= 15 is 0 Å². The minimum Gasteiger partial charge on any atom is -0.292 e. The van der Waals surface area contributed by atoms with Gasteiger partial charge in [0.15, 0.2) is 6.10 Å². The maximum Gasteiger partial charge on any atom is 0.373 e. The molecule has 0 aromatic heterocycles. The molecule has 0 amide bonds. The minimum absolute atomic E-state index is 0.359. The molecular formula is C17H23O3. The Bertz CT molecular complexity index is 481. The zero-order valence-electron chi connectivity index (χ0n) is 12.7. The summed E-state index contributed by atoms with van der Waals surface area (Å²) < 4.78 is 0. The largest absolute Gasteiger partial charge is 0.373 e. The molecule has 3 nitrogen and oxygen atoms in total. The van der Waals surface area contributed by atoms with Crippen LogP contribution >= 0.6 is 0 Å². The van der Waals surface area contributed by atoms with Crippen LogP contribution in [0.25, 0.3) is 0 Å². The lowest BCUT2D eigenvalue weighted by molar-refractivity contribution is -0.248. The van der Waals surface area contributed by atoms with E-state index in [1.807, 2.05) is 26.0 Å².